The molecule has 0 unspecified atom stereocenters. The first kappa shape index (κ1) is 14.9. The zero-order chi connectivity index (χ0) is 13.5. The number of amides is 1. The molecule has 1 rings (SSSR count). The lowest BCUT2D eigenvalue weighted by atomic mass is 10.2. The van der Waals surface area contributed by atoms with Crippen molar-refractivity contribution in [2.45, 2.75) is 19.3 Å². The molecule has 0 aliphatic heterocycles. The van der Waals surface area contributed by atoms with E-state index >= 15 is 0 Å². The Morgan fingerprint density at radius 2 is 2.17 bits per heavy atom. The molecule has 0 spiro atoms. The van der Waals surface area contributed by atoms with E-state index in [0.717, 1.165) is 18.9 Å². The number of halogens is 2. The number of carbonyl (C=O) groups is 1. The number of nitrogens with one attached hydrogen (secondary N) is 1. The van der Waals surface area contributed by atoms with Gasteiger partial charge in [-0.15, -0.1) is 0 Å². The Balaban J connectivity index is 2.36. The van der Waals surface area contributed by atoms with Gasteiger partial charge in [-0.25, -0.2) is 4.39 Å². The zero-order valence-electron chi connectivity index (χ0n) is 9.71. The lowest BCUT2D eigenvalue weighted by Gasteiger charge is -2.05. The minimum Gasteiger partial charge on any atom is -0.393 e. The van der Waals surface area contributed by atoms with Crippen LogP contribution in [0.4, 0.5) is 4.39 Å². The summed E-state index contributed by atoms with van der Waals surface area (Å²) in [7, 11) is 0. The van der Waals surface area contributed by atoms with E-state index in [1.54, 1.807) is 0 Å². The van der Waals surface area contributed by atoms with Crippen LogP contribution >= 0.6 is 23.8 Å². The van der Waals surface area contributed by atoms with E-state index in [-0.39, 0.29) is 16.5 Å². The summed E-state index contributed by atoms with van der Waals surface area (Å²) in [6, 6.07) is 3.96. The Hall–Kier alpha value is -1.20. The topological polar surface area (TPSA) is 55.1 Å². The molecule has 3 N–H and O–H groups in total. The van der Waals surface area contributed by atoms with Crippen molar-refractivity contribution in [2.75, 3.05) is 6.54 Å². The van der Waals surface area contributed by atoms with Crippen molar-refractivity contribution in [3.05, 3.63) is 34.6 Å². The van der Waals surface area contributed by atoms with Crippen LogP contribution in [0, 0.1) is 5.82 Å². The molecular weight excluding hydrogens is 275 g/mol. The highest BCUT2D eigenvalue weighted by Crippen LogP contribution is 2.15. The Morgan fingerprint density at radius 3 is 2.78 bits per heavy atom. The Kier molecular flexibility index (Phi) is 6.01. The van der Waals surface area contributed by atoms with Crippen molar-refractivity contribution in [2.24, 2.45) is 5.73 Å². The van der Waals surface area contributed by atoms with Crippen LogP contribution in [0.25, 0.3) is 0 Å². The third kappa shape index (κ3) is 4.98. The van der Waals surface area contributed by atoms with Crippen LogP contribution in [0.2, 0.25) is 5.02 Å². The SMILES string of the molecule is NC(=S)CCCCNC(=O)c1ccc(Cl)c(F)c1. The summed E-state index contributed by atoms with van der Waals surface area (Å²) in [6.07, 6.45) is 2.27. The summed E-state index contributed by atoms with van der Waals surface area (Å²) in [5.74, 6) is -0.918. The van der Waals surface area contributed by atoms with Gasteiger partial charge in [0.05, 0.1) is 10.0 Å². The van der Waals surface area contributed by atoms with E-state index in [1.807, 2.05) is 0 Å². The van der Waals surface area contributed by atoms with Crippen molar-refractivity contribution in [3.63, 3.8) is 0 Å². The average molecular weight is 289 g/mol. The number of rotatable bonds is 6. The molecule has 0 bridgehead atoms. The second-order valence-electron chi connectivity index (χ2n) is 3.81. The van der Waals surface area contributed by atoms with E-state index in [1.165, 1.54) is 12.1 Å². The first-order chi connectivity index (χ1) is 8.50. The molecule has 0 aliphatic carbocycles. The molecule has 0 fully saturated rings. The van der Waals surface area contributed by atoms with Crippen LogP contribution in [0.5, 0.6) is 0 Å². The first-order valence-corrected chi connectivity index (χ1v) is 6.31. The molecule has 0 aromatic heterocycles. The number of hydrogen-bond donors (Lipinski definition) is 2. The average Bonchev–Trinajstić information content (AvgIpc) is 2.31. The fourth-order valence-electron chi connectivity index (χ4n) is 1.37. The van der Waals surface area contributed by atoms with Gasteiger partial charge >= 0.3 is 0 Å². The second-order valence-corrected chi connectivity index (χ2v) is 4.74. The second kappa shape index (κ2) is 7.28. The van der Waals surface area contributed by atoms with Crippen molar-refractivity contribution in [1.82, 2.24) is 5.32 Å². The van der Waals surface area contributed by atoms with Gasteiger partial charge in [-0.2, -0.15) is 0 Å². The molecule has 0 aliphatic rings. The number of unbranched alkanes of at least 4 members (excludes halogenated alkanes) is 1. The molecule has 6 heteroatoms. The quantitative estimate of drug-likeness (QED) is 0.625. The third-order valence-corrected chi connectivity index (χ3v) is 2.83. The van der Waals surface area contributed by atoms with Gasteiger partial charge in [0.2, 0.25) is 0 Å². The lowest BCUT2D eigenvalue weighted by Crippen LogP contribution is -2.24. The van der Waals surface area contributed by atoms with Crippen LogP contribution in [0.3, 0.4) is 0 Å². The maximum absolute atomic E-state index is 13.1. The minimum atomic E-state index is -0.599. The first-order valence-electron chi connectivity index (χ1n) is 5.52. The highest BCUT2D eigenvalue weighted by atomic mass is 35.5. The summed E-state index contributed by atoms with van der Waals surface area (Å²) in [6.45, 7) is 0.506. The molecule has 18 heavy (non-hydrogen) atoms. The summed E-state index contributed by atoms with van der Waals surface area (Å²) in [4.78, 5) is 12.1. The van der Waals surface area contributed by atoms with Crippen LogP contribution < -0.4 is 11.1 Å². The van der Waals surface area contributed by atoms with E-state index in [9.17, 15) is 9.18 Å². The maximum atomic E-state index is 13.1. The van der Waals surface area contributed by atoms with Crippen molar-refractivity contribution in [1.29, 1.82) is 0 Å². The molecule has 3 nitrogen and oxygen atoms in total. The number of thiocarbonyl (C=S) groups is 1. The van der Waals surface area contributed by atoms with Gasteiger partial charge in [0, 0.05) is 12.1 Å². The molecule has 0 saturated heterocycles. The van der Waals surface area contributed by atoms with Crippen LogP contribution in [0.1, 0.15) is 29.6 Å². The van der Waals surface area contributed by atoms with Gasteiger partial charge in [0.1, 0.15) is 5.82 Å². The van der Waals surface area contributed by atoms with E-state index in [4.69, 9.17) is 29.6 Å². The summed E-state index contributed by atoms with van der Waals surface area (Å²) < 4.78 is 13.1. The predicted octanol–water partition coefficient (Wildman–Crippen LogP) is 2.67. The molecule has 1 aromatic rings. The van der Waals surface area contributed by atoms with Crippen molar-refractivity contribution >= 4 is 34.7 Å². The van der Waals surface area contributed by atoms with Crippen molar-refractivity contribution < 1.29 is 9.18 Å². The number of benzene rings is 1. The fraction of sp³-hybridized carbons (Fsp3) is 0.333. The molecule has 98 valence electrons. The van der Waals surface area contributed by atoms with Gasteiger partial charge < -0.3 is 11.1 Å². The fourth-order valence-corrected chi connectivity index (χ4v) is 1.63. The van der Waals surface area contributed by atoms with Crippen molar-refractivity contribution in [3.8, 4) is 0 Å². The molecule has 0 atom stereocenters. The highest BCUT2D eigenvalue weighted by molar-refractivity contribution is 7.80. The number of carbonyl (C=O) groups excluding carboxylic acids is 1. The van der Waals surface area contributed by atoms with Gasteiger partial charge in [-0.3, -0.25) is 4.79 Å². The van der Waals surface area contributed by atoms with Crippen LogP contribution in [-0.4, -0.2) is 17.4 Å². The number of hydrogen-bond acceptors (Lipinski definition) is 2. The van der Waals surface area contributed by atoms with E-state index in [0.29, 0.717) is 18.0 Å². The van der Waals surface area contributed by atoms with Gasteiger partial charge in [0.15, 0.2) is 0 Å². The van der Waals surface area contributed by atoms with E-state index in [2.05, 4.69) is 5.32 Å². The molecule has 0 saturated carbocycles. The highest BCUT2D eigenvalue weighted by Gasteiger charge is 2.07. The molecule has 0 heterocycles. The maximum Gasteiger partial charge on any atom is 0.251 e. The molecule has 0 radical (unpaired) electrons. The standard InChI is InChI=1S/C12H14ClFN2OS/c13-9-5-4-8(7-10(9)14)12(17)16-6-2-1-3-11(15)18/h4-5,7H,1-3,6H2,(H2,15,18)(H,16,17). The normalized spacial score (nSPS) is 10.1. The van der Waals surface area contributed by atoms with Gasteiger partial charge in [-0.05, 0) is 37.5 Å². The largest absolute Gasteiger partial charge is 0.393 e. The minimum absolute atomic E-state index is 0.00279. The Labute approximate surface area is 115 Å². The van der Waals surface area contributed by atoms with Crippen LogP contribution in [-0.2, 0) is 0 Å². The molecule has 1 amide bonds. The smallest absolute Gasteiger partial charge is 0.251 e. The summed E-state index contributed by atoms with van der Waals surface area (Å²) in [5, 5.41) is 2.69. The van der Waals surface area contributed by atoms with Gasteiger partial charge in [0.25, 0.3) is 5.91 Å². The number of nitrogens with two attached hydrogens (primary N) is 1. The third-order valence-electron chi connectivity index (χ3n) is 2.32. The lowest BCUT2D eigenvalue weighted by molar-refractivity contribution is 0.0952. The zero-order valence-corrected chi connectivity index (χ0v) is 11.3. The Bertz CT molecular complexity index is 454. The van der Waals surface area contributed by atoms with Crippen LogP contribution in [0.15, 0.2) is 18.2 Å². The Morgan fingerprint density at radius 1 is 1.44 bits per heavy atom. The summed E-state index contributed by atoms with van der Waals surface area (Å²) >= 11 is 10.3. The van der Waals surface area contributed by atoms with E-state index < -0.39 is 5.82 Å². The summed E-state index contributed by atoms with van der Waals surface area (Å²) in [5.41, 5.74) is 5.60. The van der Waals surface area contributed by atoms with Gasteiger partial charge in [-0.1, -0.05) is 23.8 Å². The molecular formula is C12H14ClFN2OS. The molecule has 1 aromatic carbocycles. The monoisotopic (exact) mass is 288 g/mol. The predicted molar refractivity (Wildman–Crippen MR) is 74.4 cm³/mol.